The summed E-state index contributed by atoms with van der Waals surface area (Å²) in [5, 5.41) is 4.23. The van der Waals surface area contributed by atoms with E-state index in [1.807, 2.05) is 4.90 Å². The van der Waals surface area contributed by atoms with Gasteiger partial charge in [0, 0.05) is 30.0 Å². The van der Waals surface area contributed by atoms with E-state index < -0.39 is 0 Å². The molecule has 0 spiro atoms. The fraction of sp³-hybridized carbons (Fsp3) is 0.438. The topological polar surface area (TPSA) is 57.4 Å². The SMILES string of the molecule is O=C(c1cc2cc(F)ccc2[nH]1)N1CCC(NC2COC2)C1. The van der Waals surface area contributed by atoms with Crippen molar-refractivity contribution in [3.63, 3.8) is 0 Å². The third-order valence-corrected chi connectivity index (χ3v) is 4.40. The lowest BCUT2D eigenvalue weighted by Gasteiger charge is -2.30. The first-order valence-corrected chi connectivity index (χ1v) is 7.60. The molecule has 0 bridgehead atoms. The van der Waals surface area contributed by atoms with Gasteiger partial charge in [-0.15, -0.1) is 0 Å². The van der Waals surface area contributed by atoms with E-state index in [0.29, 0.717) is 24.3 Å². The molecule has 2 aromatic rings. The highest BCUT2D eigenvalue weighted by molar-refractivity contribution is 5.98. The van der Waals surface area contributed by atoms with Gasteiger partial charge in [-0.3, -0.25) is 4.79 Å². The number of likely N-dealkylation sites (tertiary alicyclic amines) is 1. The van der Waals surface area contributed by atoms with Crippen LogP contribution in [0, 0.1) is 5.82 Å². The number of rotatable bonds is 3. The Labute approximate surface area is 127 Å². The monoisotopic (exact) mass is 303 g/mol. The lowest BCUT2D eigenvalue weighted by molar-refractivity contribution is -0.00942. The van der Waals surface area contributed by atoms with Gasteiger partial charge < -0.3 is 19.9 Å². The Morgan fingerprint density at radius 2 is 2.18 bits per heavy atom. The Balaban J connectivity index is 1.46. The fourth-order valence-electron chi connectivity index (χ4n) is 3.14. The van der Waals surface area contributed by atoms with Crippen molar-refractivity contribution in [3.05, 3.63) is 35.8 Å². The number of benzene rings is 1. The van der Waals surface area contributed by atoms with Crippen LogP contribution >= 0.6 is 0 Å². The lowest BCUT2D eigenvalue weighted by atomic mass is 10.2. The van der Waals surface area contributed by atoms with E-state index in [4.69, 9.17) is 4.74 Å². The normalized spacial score (nSPS) is 22.2. The molecule has 2 N–H and O–H groups in total. The maximum Gasteiger partial charge on any atom is 0.270 e. The molecule has 2 aliphatic rings. The summed E-state index contributed by atoms with van der Waals surface area (Å²) in [4.78, 5) is 17.5. The highest BCUT2D eigenvalue weighted by Gasteiger charge is 2.30. The summed E-state index contributed by atoms with van der Waals surface area (Å²) in [6.45, 7) is 2.98. The maximum absolute atomic E-state index is 13.2. The van der Waals surface area contributed by atoms with E-state index in [1.54, 1.807) is 12.1 Å². The van der Waals surface area contributed by atoms with Gasteiger partial charge in [0.2, 0.25) is 0 Å². The highest BCUT2D eigenvalue weighted by Crippen LogP contribution is 2.20. The molecule has 2 fully saturated rings. The molecule has 1 unspecified atom stereocenters. The Morgan fingerprint density at radius 3 is 2.95 bits per heavy atom. The number of hydrogen-bond donors (Lipinski definition) is 2. The quantitative estimate of drug-likeness (QED) is 0.904. The van der Waals surface area contributed by atoms with Crippen molar-refractivity contribution in [2.75, 3.05) is 26.3 Å². The van der Waals surface area contributed by atoms with Crippen LogP contribution in [0.1, 0.15) is 16.9 Å². The Hall–Kier alpha value is -1.92. The molecule has 1 atom stereocenters. The van der Waals surface area contributed by atoms with Gasteiger partial charge in [-0.2, -0.15) is 0 Å². The molecule has 4 rings (SSSR count). The van der Waals surface area contributed by atoms with Crippen molar-refractivity contribution in [3.8, 4) is 0 Å². The van der Waals surface area contributed by atoms with Gasteiger partial charge in [0.05, 0.1) is 19.3 Å². The molecule has 0 saturated carbocycles. The molecule has 2 saturated heterocycles. The number of aromatic nitrogens is 1. The van der Waals surface area contributed by atoms with Crippen molar-refractivity contribution >= 4 is 16.8 Å². The summed E-state index contributed by atoms with van der Waals surface area (Å²) in [6.07, 6.45) is 0.955. The molecule has 6 heteroatoms. The minimum atomic E-state index is -0.293. The molecular weight excluding hydrogens is 285 g/mol. The molecule has 1 amide bonds. The number of amides is 1. The first kappa shape index (κ1) is 13.7. The Kier molecular flexibility index (Phi) is 3.35. The van der Waals surface area contributed by atoms with E-state index in [-0.39, 0.29) is 11.7 Å². The summed E-state index contributed by atoms with van der Waals surface area (Å²) >= 11 is 0. The second-order valence-corrected chi connectivity index (χ2v) is 6.05. The summed E-state index contributed by atoms with van der Waals surface area (Å²) in [7, 11) is 0. The van der Waals surface area contributed by atoms with Gasteiger partial charge in [0.1, 0.15) is 11.5 Å². The van der Waals surface area contributed by atoms with Crippen LogP contribution in [0.3, 0.4) is 0 Å². The average Bonchev–Trinajstić information content (AvgIpc) is 3.08. The number of carbonyl (C=O) groups excluding carboxylic acids is 1. The first-order chi connectivity index (χ1) is 10.7. The number of nitrogens with one attached hydrogen (secondary N) is 2. The van der Waals surface area contributed by atoms with Crippen LogP contribution in [0.25, 0.3) is 10.9 Å². The lowest BCUT2D eigenvalue weighted by Crippen LogP contribution is -2.51. The van der Waals surface area contributed by atoms with E-state index in [2.05, 4.69) is 10.3 Å². The van der Waals surface area contributed by atoms with E-state index in [0.717, 1.165) is 37.1 Å². The minimum Gasteiger partial charge on any atom is -0.378 e. The number of H-pyrrole nitrogens is 1. The molecular formula is C16H18FN3O2. The van der Waals surface area contributed by atoms with Crippen molar-refractivity contribution in [1.82, 2.24) is 15.2 Å². The second-order valence-electron chi connectivity index (χ2n) is 6.05. The summed E-state index contributed by atoms with van der Waals surface area (Å²) in [6, 6.07) is 6.97. The van der Waals surface area contributed by atoms with Gasteiger partial charge >= 0.3 is 0 Å². The fourth-order valence-corrected chi connectivity index (χ4v) is 3.14. The molecule has 3 heterocycles. The zero-order valence-corrected chi connectivity index (χ0v) is 12.1. The number of ether oxygens (including phenoxy) is 1. The number of halogens is 1. The number of aromatic amines is 1. The van der Waals surface area contributed by atoms with Crippen LogP contribution in [0.2, 0.25) is 0 Å². The van der Waals surface area contributed by atoms with Gasteiger partial charge in [-0.1, -0.05) is 0 Å². The van der Waals surface area contributed by atoms with Crippen molar-refractivity contribution in [2.24, 2.45) is 0 Å². The van der Waals surface area contributed by atoms with Crippen LogP contribution in [0.15, 0.2) is 24.3 Å². The standard InChI is InChI=1S/C16H18FN3O2/c17-11-1-2-14-10(5-11)6-15(19-14)16(21)20-4-3-12(7-20)18-13-8-22-9-13/h1-2,5-6,12-13,18-19H,3-4,7-9H2. The number of fused-ring (bicyclic) bond motifs is 1. The third kappa shape index (κ3) is 2.48. The molecule has 0 aliphatic carbocycles. The van der Waals surface area contributed by atoms with Crippen molar-refractivity contribution in [2.45, 2.75) is 18.5 Å². The van der Waals surface area contributed by atoms with Gasteiger partial charge in [0.25, 0.3) is 5.91 Å². The Bertz CT molecular complexity index is 710. The predicted octanol–water partition coefficient (Wildman–Crippen LogP) is 1.51. The van der Waals surface area contributed by atoms with Gasteiger partial charge in [0.15, 0.2) is 0 Å². The summed E-state index contributed by atoms with van der Waals surface area (Å²) < 4.78 is 18.4. The van der Waals surface area contributed by atoms with Crippen molar-refractivity contribution < 1.29 is 13.9 Å². The molecule has 1 aromatic heterocycles. The van der Waals surface area contributed by atoms with Gasteiger partial charge in [-0.25, -0.2) is 4.39 Å². The third-order valence-electron chi connectivity index (χ3n) is 4.40. The zero-order valence-electron chi connectivity index (χ0n) is 12.1. The van der Waals surface area contributed by atoms with Crippen molar-refractivity contribution in [1.29, 1.82) is 0 Å². The largest absolute Gasteiger partial charge is 0.378 e. The molecule has 5 nitrogen and oxygen atoms in total. The smallest absolute Gasteiger partial charge is 0.270 e. The molecule has 0 radical (unpaired) electrons. The average molecular weight is 303 g/mol. The Morgan fingerprint density at radius 1 is 1.32 bits per heavy atom. The summed E-state index contributed by atoms with van der Waals surface area (Å²) in [5.74, 6) is -0.315. The molecule has 2 aliphatic heterocycles. The molecule has 1 aromatic carbocycles. The zero-order chi connectivity index (χ0) is 15.1. The van der Waals surface area contributed by atoms with Gasteiger partial charge in [-0.05, 0) is 30.7 Å². The van der Waals surface area contributed by atoms with Crippen LogP contribution < -0.4 is 5.32 Å². The van der Waals surface area contributed by atoms with Crippen LogP contribution in [-0.4, -0.2) is 54.2 Å². The molecule has 22 heavy (non-hydrogen) atoms. The number of carbonyl (C=O) groups is 1. The van der Waals surface area contributed by atoms with Crippen LogP contribution in [0.5, 0.6) is 0 Å². The predicted molar refractivity (Wildman–Crippen MR) is 80.3 cm³/mol. The highest BCUT2D eigenvalue weighted by atomic mass is 19.1. The van der Waals surface area contributed by atoms with E-state index in [9.17, 15) is 9.18 Å². The second kappa shape index (κ2) is 5.37. The first-order valence-electron chi connectivity index (χ1n) is 7.60. The van der Waals surface area contributed by atoms with E-state index in [1.165, 1.54) is 12.1 Å². The van der Waals surface area contributed by atoms with Crippen LogP contribution in [0.4, 0.5) is 4.39 Å². The minimum absolute atomic E-state index is 0.0224. The molecule has 116 valence electrons. The number of nitrogens with zero attached hydrogens (tertiary/aromatic N) is 1. The number of hydrogen-bond acceptors (Lipinski definition) is 3. The summed E-state index contributed by atoms with van der Waals surface area (Å²) in [5.41, 5.74) is 1.30. The maximum atomic E-state index is 13.2. The van der Waals surface area contributed by atoms with E-state index >= 15 is 0 Å². The van der Waals surface area contributed by atoms with Crippen LogP contribution in [-0.2, 0) is 4.74 Å².